The maximum absolute atomic E-state index is 13.1. The van der Waals surface area contributed by atoms with Crippen LogP contribution in [-0.4, -0.2) is 55.9 Å². The summed E-state index contributed by atoms with van der Waals surface area (Å²) in [7, 11) is 1.75. The molecule has 11 heteroatoms. The lowest BCUT2D eigenvalue weighted by Crippen LogP contribution is -2.54. The molecule has 1 unspecified atom stereocenters. The smallest absolute Gasteiger partial charge is 0.279 e. The van der Waals surface area contributed by atoms with E-state index >= 15 is 0 Å². The highest BCUT2D eigenvalue weighted by Gasteiger charge is 2.46. The molecule has 0 spiro atoms. The second-order valence-electron chi connectivity index (χ2n) is 8.68. The van der Waals surface area contributed by atoms with E-state index in [-0.39, 0.29) is 23.6 Å². The van der Waals surface area contributed by atoms with Gasteiger partial charge in [-0.25, -0.2) is 9.97 Å². The van der Waals surface area contributed by atoms with Crippen LogP contribution >= 0.6 is 0 Å². The molecule has 11 nitrogen and oxygen atoms in total. The number of anilines is 3. The molecule has 2 fully saturated rings. The molecule has 178 valence electrons. The molecule has 6 rings (SSSR count). The van der Waals surface area contributed by atoms with Crippen LogP contribution < -0.4 is 21.5 Å². The fourth-order valence-corrected chi connectivity index (χ4v) is 4.77. The minimum Gasteiger partial charge on any atom is -0.376 e. The lowest BCUT2D eigenvalue weighted by molar-refractivity contribution is -0.000551. The third kappa shape index (κ3) is 3.69. The Morgan fingerprint density at radius 3 is 2.94 bits per heavy atom. The first-order chi connectivity index (χ1) is 17.1. The molecule has 1 saturated heterocycles. The fraction of sp³-hybridized carbons (Fsp3) is 0.292. The molecule has 3 atom stereocenters. The average molecular weight is 473 g/mol. The predicted molar refractivity (Wildman–Crippen MR) is 129 cm³/mol. The Kier molecular flexibility index (Phi) is 5.18. The number of nitrogens with zero attached hydrogens (tertiary/aromatic N) is 5. The highest BCUT2D eigenvalue weighted by molar-refractivity contribution is 6.00. The first-order valence-electron chi connectivity index (χ1n) is 11.5. The van der Waals surface area contributed by atoms with Gasteiger partial charge >= 0.3 is 0 Å². The summed E-state index contributed by atoms with van der Waals surface area (Å²) in [6.07, 6.45) is 6.86. The number of amides is 1. The van der Waals surface area contributed by atoms with E-state index in [9.17, 15) is 9.59 Å². The standard InChI is InChI=1S/C24H24N8O3/c1-25-20-12-18(28-16-5-4-9-31(24(16)34)19-6-2-3-8-26-19)30-22-15(13-27-32(20)22)23(33)29-17-11-14-7-10-35-21(14)17/h2-6,8-9,12-14,17,21,25H,7,10-11H2,1H3,(H,28,30)(H,29,33)/t14-,17?,21-/m0/s1. The van der Waals surface area contributed by atoms with Gasteiger partial charge in [-0.2, -0.15) is 9.61 Å². The van der Waals surface area contributed by atoms with Crippen LogP contribution in [0.4, 0.5) is 17.3 Å². The third-order valence-electron chi connectivity index (χ3n) is 6.61. The molecule has 1 aliphatic carbocycles. The van der Waals surface area contributed by atoms with Crippen LogP contribution in [0.25, 0.3) is 11.5 Å². The van der Waals surface area contributed by atoms with E-state index in [0.29, 0.717) is 40.3 Å². The fourth-order valence-electron chi connectivity index (χ4n) is 4.77. The quantitative estimate of drug-likeness (QED) is 0.389. The maximum Gasteiger partial charge on any atom is 0.279 e. The Bertz CT molecular complexity index is 1460. The van der Waals surface area contributed by atoms with Crippen molar-refractivity contribution < 1.29 is 9.53 Å². The molecule has 1 amide bonds. The number of carbonyl (C=O) groups is 1. The zero-order chi connectivity index (χ0) is 23.9. The van der Waals surface area contributed by atoms with Crippen LogP contribution in [0.1, 0.15) is 23.2 Å². The number of fused-ring (bicyclic) bond motifs is 2. The zero-order valence-electron chi connectivity index (χ0n) is 19.0. The van der Waals surface area contributed by atoms with Crippen molar-refractivity contribution in [2.24, 2.45) is 5.92 Å². The van der Waals surface area contributed by atoms with E-state index < -0.39 is 0 Å². The van der Waals surface area contributed by atoms with Crippen LogP contribution in [-0.2, 0) is 4.74 Å². The summed E-state index contributed by atoms with van der Waals surface area (Å²) < 4.78 is 8.75. The summed E-state index contributed by atoms with van der Waals surface area (Å²) in [5.74, 6) is 1.81. The van der Waals surface area contributed by atoms with Crippen molar-refractivity contribution >= 4 is 28.9 Å². The first-order valence-corrected chi connectivity index (χ1v) is 11.5. The summed E-state index contributed by atoms with van der Waals surface area (Å²) in [6.45, 7) is 0.752. The van der Waals surface area contributed by atoms with Gasteiger partial charge in [-0.15, -0.1) is 0 Å². The molecule has 1 saturated carbocycles. The minimum atomic E-state index is -0.276. The normalized spacial score (nSPS) is 20.8. The number of pyridine rings is 2. The van der Waals surface area contributed by atoms with Gasteiger partial charge in [0.05, 0.1) is 18.3 Å². The number of carbonyl (C=O) groups excluding carboxylic acids is 1. The summed E-state index contributed by atoms with van der Waals surface area (Å²) >= 11 is 0. The van der Waals surface area contributed by atoms with Gasteiger partial charge in [-0.05, 0) is 43.0 Å². The largest absolute Gasteiger partial charge is 0.376 e. The summed E-state index contributed by atoms with van der Waals surface area (Å²) in [6, 6.07) is 10.5. The van der Waals surface area contributed by atoms with Crippen molar-refractivity contribution in [2.75, 3.05) is 24.3 Å². The highest BCUT2D eigenvalue weighted by atomic mass is 16.5. The first kappa shape index (κ1) is 21.3. The summed E-state index contributed by atoms with van der Waals surface area (Å²) in [4.78, 5) is 35.0. The Morgan fingerprint density at radius 1 is 1.23 bits per heavy atom. The number of ether oxygens (including phenoxy) is 1. The van der Waals surface area contributed by atoms with E-state index in [1.54, 1.807) is 54.3 Å². The van der Waals surface area contributed by atoms with Crippen LogP contribution in [0, 0.1) is 5.92 Å². The molecular formula is C24H24N8O3. The summed E-state index contributed by atoms with van der Waals surface area (Å²) in [5.41, 5.74) is 0.773. The number of aromatic nitrogens is 5. The molecule has 3 N–H and O–H groups in total. The van der Waals surface area contributed by atoms with Gasteiger partial charge in [0.15, 0.2) is 5.65 Å². The highest BCUT2D eigenvalue weighted by Crippen LogP contribution is 2.38. The molecule has 0 radical (unpaired) electrons. The second-order valence-corrected chi connectivity index (χ2v) is 8.68. The van der Waals surface area contributed by atoms with E-state index in [0.717, 1.165) is 19.4 Å². The van der Waals surface area contributed by atoms with Crippen LogP contribution in [0.5, 0.6) is 0 Å². The zero-order valence-corrected chi connectivity index (χ0v) is 19.0. The van der Waals surface area contributed by atoms with E-state index in [2.05, 4.69) is 31.0 Å². The lowest BCUT2D eigenvalue weighted by atomic mass is 9.77. The van der Waals surface area contributed by atoms with Gasteiger partial charge in [-0.1, -0.05) is 6.07 Å². The van der Waals surface area contributed by atoms with Crippen molar-refractivity contribution in [1.82, 2.24) is 29.5 Å². The number of nitrogens with one attached hydrogen (secondary N) is 3. The Labute approximate surface area is 200 Å². The van der Waals surface area contributed by atoms with Gasteiger partial charge in [0.25, 0.3) is 11.5 Å². The van der Waals surface area contributed by atoms with Crippen LogP contribution in [0.15, 0.2) is 59.8 Å². The van der Waals surface area contributed by atoms with Crippen molar-refractivity contribution in [2.45, 2.75) is 25.0 Å². The van der Waals surface area contributed by atoms with E-state index in [1.807, 2.05) is 6.07 Å². The molecule has 0 bridgehead atoms. The molecule has 1 aliphatic heterocycles. The number of hydrogen-bond donors (Lipinski definition) is 3. The summed E-state index contributed by atoms with van der Waals surface area (Å²) in [5, 5.41) is 13.6. The Morgan fingerprint density at radius 2 is 2.14 bits per heavy atom. The Hall–Kier alpha value is -4.25. The third-order valence-corrected chi connectivity index (χ3v) is 6.61. The molecular weight excluding hydrogens is 448 g/mol. The second kappa shape index (κ2) is 8.51. The predicted octanol–water partition coefficient (Wildman–Crippen LogP) is 1.97. The van der Waals surface area contributed by atoms with Gasteiger partial charge in [0.1, 0.15) is 28.7 Å². The van der Waals surface area contributed by atoms with Crippen molar-refractivity contribution in [3.63, 3.8) is 0 Å². The molecule has 35 heavy (non-hydrogen) atoms. The lowest BCUT2D eigenvalue weighted by Gasteiger charge is -2.39. The maximum atomic E-state index is 13.1. The average Bonchev–Trinajstić information content (AvgIpc) is 3.47. The Balaban J connectivity index is 1.31. The SMILES string of the molecule is CNc1cc(Nc2cccn(-c3ccccn3)c2=O)nc2c(C(=O)NC3C[C@@H]4CCO[C@H]34)cnn12. The molecule has 4 aromatic heterocycles. The van der Waals surface area contributed by atoms with Gasteiger partial charge < -0.3 is 20.7 Å². The van der Waals surface area contributed by atoms with E-state index in [1.165, 1.54) is 10.8 Å². The molecule has 5 heterocycles. The molecule has 0 aromatic carbocycles. The van der Waals surface area contributed by atoms with Crippen molar-refractivity contribution in [3.8, 4) is 5.82 Å². The molecule has 2 aliphatic rings. The topological polar surface area (TPSA) is 127 Å². The van der Waals surface area contributed by atoms with Gasteiger partial charge in [-0.3, -0.25) is 14.2 Å². The van der Waals surface area contributed by atoms with Gasteiger partial charge in [0, 0.05) is 32.1 Å². The van der Waals surface area contributed by atoms with E-state index in [4.69, 9.17) is 4.74 Å². The van der Waals surface area contributed by atoms with Gasteiger partial charge in [0.2, 0.25) is 0 Å². The minimum absolute atomic E-state index is 0.00408. The molecule has 4 aromatic rings. The van der Waals surface area contributed by atoms with Crippen LogP contribution in [0.2, 0.25) is 0 Å². The monoisotopic (exact) mass is 472 g/mol. The number of rotatable bonds is 6. The van der Waals surface area contributed by atoms with Crippen molar-refractivity contribution in [1.29, 1.82) is 0 Å². The number of hydrogen-bond acceptors (Lipinski definition) is 8. The van der Waals surface area contributed by atoms with Crippen molar-refractivity contribution in [3.05, 3.63) is 70.9 Å². The van der Waals surface area contributed by atoms with Crippen LogP contribution in [0.3, 0.4) is 0 Å².